The Morgan fingerprint density at radius 1 is 1.17 bits per heavy atom. The zero-order valence-corrected chi connectivity index (χ0v) is 17.9. The average molecular weight is 409 g/mol. The molecule has 9 nitrogen and oxygen atoms in total. The number of anilines is 1. The molecule has 0 fully saturated rings. The van der Waals surface area contributed by atoms with E-state index >= 15 is 0 Å². The van der Waals surface area contributed by atoms with Crippen molar-refractivity contribution in [2.75, 3.05) is 31.5 Å². The summed E-state index contributed by atoms with van der Waals surface area (Å²) in [6.45, 7) is 10.8. The predicted octanol–water partition coefficient (Wildman–Crippen LogP) is 1.04. The largest absolute Gasteiger partial charge is 0.480 e. The minimum atomic E-state index is -1.00. The molecular formula is C20H36N6O3. The first-order valence-electron chi connectivity index (χ1n) is 9.74. The number of para-hydroxylation sites is 1. The van der Waals surface area contributed by atoms with E-state index in [2.05, 4.69) is 29.1 Å². The number of likely N-dealkylation sites (N-methyl/N-ethyl adjacent to an activating group) is 1. The fourth-order valence-electron chi connectivity index (χ4n) is 2.48. The first kappa shape index (κ1) is 26.4. The number of nitrogens with one attached hydrogen (secondary N) is 1. The van der Waals surface area contributed by atoms with Crippen LogP contribution >= 0.6 is 0 Å². The molecule has 8 N–H and O–H groups in total. The van der Waals surface area contributed by atoms with Crippen LogP contribution in [-0.4, -0.2) is 60.1 Å². The number of rotatable bonds is 10. The molecule has 0 heterocycles. The third-order valence-electron chi connectivity index (χ3n) is 4.29. The van der Waals surface area contributed by atoms with Crippen LogP contribution in [0.15, 0.2) is 23.2 Å². The molecule has 0 spiro atoms. The monoisotopic (exact) mass is 408 g/mol. The fourth-order valence-corrected chi connectivity index (χ4v) is 2.48. The molecule has 1 atom stereocenters. The lowest BCUT2D eigenvalue weighted by Crippen LogP contribution is -2.33. The first-order chi connectivity index (χ1) is 13.6. The molecule has 29 heavy (non-hydrogen) atoms. The van der Waals surface area contributed by atoms with E-state index in [1.54, 1.807) is 0 Å². The Bertz CT molecular complexity index is 650. The topological polar surface area (TPSA) is 160 Å². The summed E-state index contributed by atoms with van der Waals surface area (Å²) in [7, 11) is 0. The maximum atomic E-state index is 11.9. The van der Waals surface area contributed by atoms with Crippen molar-refractivity contribution in [2.45, 2.75) is 46.6 Å². The molecule has 1 rings (SSSR count). The van der Waals surface area contributed by atoms with Gasteiger partial charge in [0.15, 0.2) is 5.96 Å². The molecule has 1 aromatic carbocycles. The predicted molar refractivity (Wildman–Crippen MR) is 118 cm³/mol. The number of hydrogen-bond acceptors (Lipinski definition) is 5. The maximum Gasteiger partial charge on any atom is 0.320 e. The van der Waals surface area contributed by atoms with E-state index in [1.165, 1.54) is 0 Å². The summed E-state index contributed by atoms with van der Waals surface area (Å²) in [5, 5.41) is 11.4. The summed E-state index contributed by atoms with van der Waals surface area (Å²) in [6, 6.07) is 5.21. The van der Waals surface area contributed by atoms with Crippen LogP contribution < -0.4 is 22.5 Å². The van der Waals surface area contributed by atoms with Gasteiger partial charge in [-0.1, -0.05) is 32.0 Å². The Morgan fingerprint density at radius 2 is 1.72 bits per heavy atom. The second-order valence-electron chi connectivity index (χ2n) is 6.67. The lowest BCUT2D eigenvalue weighted by atomic mass is 10.1. The zero-order valence-electron chi connectivity index (χ0n) is 17.9. The van der Waals surface area contributed by atoms with Gasteiger partial charge in [0.05, 0.1) is 6.54 Å². The molecule has 0 aliphatic rings. The van der Waals surface area contributed by atoms with Gasteiger partial charge in [0, 0.05) is 12.2 Å². The quantitative estimate of drug-likeness (QED) is 0.219. The van der Waals surface area contributed by atoms with Gasteiger partial charge in [-0.25, -0.2) is 0 Å². The molecule has 0 bridgehead atoms. The highest BCUT2D eigenvalue weighted by atomic mass is 16.4. The molecule has 9 heteroatoms. The van der Waals surface area contributed by atoms with E-state index in [9.17, 15) is 9.59 Å². The van der Waals surface area contributed by atoms with Gasteiger partial charge in [-0.3, -0.25) is 19.5 Å². The van der Waals surface area contributed by atoms with Gasteiger partial charge >= 0.3 is 5.97 Å². The van der Waals surface area contributed by atoms with Crippen molar-refractivity contribution in [1.82, 2.24) is 4.90 Å². The van der Waals surface area contributed by atoms with Crippen molar-refractivity contribution < 1.29 is 14.7 Å². The molecule has 0 saturated carbocycles. The van der Waals surface area contributed by atoms with E-state index in [0.717, 1.165) is 29.9 Å². The maximum absolute atomic E-state index is 11.9. The second-order valence-corrected chi connectivity index (χ2v) is 6.67. The molecule has 0 aliphatic heterocycles. The Balaban J connectivity index is 0.000000578. The smallest absolute Gasteiger partial charge is 0.320 e. The summed E-state index contributed by atoms with van der Waals surface area (Å²) in [5.41, 5.74) is 18.5. The number of hydrogen-bond donors (Lipinski definition) is 5. The van der Waals surface area contributed by atoms with Gasteiger partial charge in [0.25, 0.3) is 0 Å². The highest BCUT2D eigenvalue weighted by molar-refractivity contribution is 5.93. The molecule has 164 valence electrons. The number of carboxylic acids is 1. The third kappa shape index (κ3) is 11.7. The minimum absolute atomic E-state index is 0.0129. The Labute approximate surface area is 173 Å². The molecular weight excluding hydrogens is 372 g/mol. The average Bonchev–Trinajstić information content (AvgIpc) is 2.66. The normalized spacial score (nSPS) is 11.2. The van der Waals surface area contributed by atoms with Crippen LogP contribution in [0.3, 0.4) is 0 Å². The van der Waals surface area contributed by atoms with Crippen LogP contribution in [0.5, 0.6) is 0 Å². The number of benzene rings is 1. The minimum Gasteiger partial charge on any atom is -0.480 e. The van der Waals surface area contributed by atoms with Crippen LogP contribution in [-0.2, 0) is 9.59 Å². The number of carbonyl (C=O) groups is 2. The Hall–Kier alpha value is -2.65. The van der Waals surface area contributed by atoms with E-state index < -0.39 is 12.0 Å². The molecule has 1 amide bonds. The molecule has 0 aliphatic carbocycles. The molecule has 0 radical (unpaired) electrons. The van der Waals surface area contributed by atoms with E-state index in [1.807, 2.05) is 32.0 Å². The number of nitrogens with zero attached hydrogens (tertiary/aromatic N) is 2. The Kier molecular flexibility index (Phi) is 13.0. The number of carbonyl (C=O) groups excluding carboxylic acids is 1. The van der Waals surface area contributed by atoms with Gasteiger partial charge in [-0.15, -0.1) is 0 Å². The van der Waals surface area contributed by atoms with Crippen molar-refractivity contribution in [3.05, 3.63) is 29.3 Å². The molecule has 1 aromatic rings. The van der Waals surface area contributed by atoms with E-state index in [0.29, 0.717) is 25.9 Å². The lowest BCUT2D eigenvalue weighted by molar-refractivity contribution is -0.138. The number of nitrogens with two attached hydrogens (primary N) is 3. The van der Waals surface area contributed by atoms with Crippen LogP contribution in [0.25, 0.3) is 0 Å². The summed E-state index contributed by atoms with van der Waals surface area (Å²) in [5.74, 6) is -0.926. The fraction of sp³-hybridized carbons (Fsp3) is 0.550. The van der Waals surface area contributed by atoms with Crippen molar-refractivity contribution >= 4 is 23.5 Å². The number of guanidine groups is 1. The van der Waals surface area contributed by atoms with Crippen molar-refractivity contribution in [1.29, 1.82) is 0 Å². The summed E-state index contributed by atoms with van der Waals surface area (Å²) in [4.78, 5) is 27.9. The number of aryl methyl sites for hydroxylation is 2. The first-order valence-corrected chi connectivity index (χ1v) is 9.74. The lowest BCUT2D eigenvalue weighted by Gasteiger charge is -2.18. The highest BCUT2D eigenvalue weighted by Crippen LogP contribution is 2.19. The number of aliphatic carboxylic acids is 1. The van der Waals surface area contributed by atoms with Gasteiger partial charge in [0.2, 0.25) is 5.91 Å². The van der Waals surface area contributed by atoms with Crippen LogP contribution in [0, 0.1) is 13.8 Å². The van der Waals surface area contributed by atoms with Gasteiger partial charge in [-0.2, -0.15) is 0 Å². The standard InChI is InChI=1S/C14H22N2O.C6H14N4O2/c1-5-16(6-2)10-13(17)15-14-11(3)8-7-9-12(14)4;7-4(5(11)12)2-1-3-10-6(8)9/h7-9H,5-6,10H2,1-4H3,(H,15,17);4H,1-3,7H2,(H,11,12)(H4,8,9,10)/t;4-/m.0/s1. The summed E-state index contributed by atoms with van der Waals surface area (Å²) in [6.07, 6.45) is 0.956. The van der Waals surface area contributed by atoms with Gasteiger partial charge < -0.3 is 27.6 Å². The van der Waals surface area contributed by atoms with Crippen molar-refractivity contribution in [3.8, 4) is 0 Å². The molecule has 0 saturated heterocycles. The third-order valence-corrected chi connectivity index (χ3v) is 4.29. The van der Waals surface area contributed by atoms with E-state index in [-0.39, 0.29) is 11.9 Å². The van der Waals surface area contributed by atoms with Crippen LogP contribution in [0.4, 0.5) is 5.69 Å². The van der Waals surface area contributed by atoms with Gasteiger partial charge in [-0.05, 0) is 50.9 Å². The zero-order chi connectivity index (χ0) is 22.4. The van der Waals surface area contributed by atoms with E-state index in [4.69, 9.17) is 22.3 Å². The number of amides is 1. The summed E-state index contributed by atoms with van der Waals surface area (Å²) >= 11 is 0. The molecule has 0 unspecified atom stereocenters. The van der Waals surface area contributed by atoms with Gasteiger partial charge in [0.1, 0.15) is 6.04 Å². The number of aliphatic imine (C=N–C) groups is 1. The van der Waals surface area contributed by atoms with Crippen molar-refractivity contribution in [3.63, 3.8) is 0 Å². The summed E-state index contributed by atoms with van der Waals surface area (Å²) < 4.78 is 0. The van der Waals surface area contributed by atoms with Crippen LogP contribution in [0.1, 0.15) is 37.8 Å². The van der Waals surface area contributed by atoms with Crippen molar-refractivity contribution in [2.24, 2.45) is 22.2 Å². The second kappa shape index (κ2) is 14.4. The Morgan fingerprint density at radius 3 is 2.17 bits per heavy atom. The SMILES string of the molecule is CCN(CC)CC(=O)Nc1c(C)cccc1C.NC(N)=NCCC[C@H](N)C(=O)O. The molecule has 0 aromatic heterocycles. The highest BCUT2D eigenvalue weighted by Gasteiger charge is 2.10. The van der Waals surface area contributed by atoms with Crippen LogP contribution in [0.2, 0.25) is 0 Å². The number of carboxylic acid groups (broad SMARTS) is 1.